The molecule has 2 N–H and O–H groups in total. The van der Waals surface area contributed by atoms with Crippen molar-refractivity contribution in [1.29, 1.82) is 0 Å². The number of anilines is 1. The number of aliphatic hydroxyl groups excluding tert-OH is 1. The molecule has 2 aromatic carbocycles. The third-order valence-corrected chi connectivity index (χ3v) is 9.24. The van der Waals surface area contributed by atoms with E-state index in [9.17, 15) is 19.1 Å². The molecule has 2 amide bonds. The molecule has 4 aromatic rings. The van der Waals surface area contributed by atoms with Gasteiger partial charge in [-0.15, -0.1) is 11.3 Å². The van der Waals surface area contributed by atoms with Gasteiger partial charge in [-0.3, -0.25) is 19.8 Å². The second-order valence-corrected chi connectivity index (χ2v) is 12.5. The third kappa shape index (κ3) is 5.99. The van der Waals surface area contributed by atoms with E-state index in [1.165, 1.54) is 28.6 Å². The van der Waals surface area contributed by atoms with Crippen LogP contribution in [0.15, 0.2) is 54.3 Å². The highest BCUT2D eigenvalue weighted by Crippen LogP contribution is 2.36. The number of carbonyl (C=O) groups is 2. The van der Waals surface area contributed by atoms with E-state index in [0.717, 1.165) is 43.6 Å². The number of hydrogen-bond donors (Lipinski definition) is 2. The smallest absolute Gasteiger partial charge is 0.255 e. The summed E-state index contributed by atoms with van der Waals surface area (Å²) in [4.78, 5) is 39.5. The number of fused-ring (bicyclic) bond motifs is 2. The van der Waals surface area contributed by atoms with Gasteiger partial charge in [-0.05, 0) is 42.7 Å². The van der Waals surface area contributed by atoms with Crippen LogP contribution in [0.2, 0.25) is 0 Å². The summed E-state index contributed by atoms with van der Waals surface area (Å²) >= 11 is 1.22. The second-order valence-electron chi connectivity index (χ2n) is 11.6. The van der Waals surface area contributed by atoms with Crippen molar-refractivity contribution in [2.45, 2.75) is 57.2 Å². The number of rotatable bonds is 6. The predicted molar refractivity (Wildman–Crippen MR) is 164 cm³/mol. The van der Waals surface area contributed by atoms with Gasteiger partial charge >= 0.3 is 0 Å². The van der Waals surface area contributed by atoms with Crippen LogP contribution in [0, 0.1) is 17.7 Å². The van der Waals surface area contributed by atoms with Gasteiger partial charge in [-0.2, -0.15) is 0 Å². The normalized spacial score (nSPS) is 18.8. The summed E-state index contributed by atoms with van der Waals surface area (Å²) in [5.74, 6) is 4.36. The van der Waals surface area contributed by atoms with Crippen molar-refractivity contribution in [1.82, 2.24) is 24.3 Å². The maximum absolute atomic E-state index is 15.5. The number of hydrogen-bond acceptors (Lipinski definition) is 7. The van der Waals surface area contributed by atoms with E-state index in [1.54, 1.807) is 22.2 Å². The summed E-state index contributed by atoms with van der Waals surface area (Å²) in [6, 6.07) is 9.48. The first-order valence-electron chi connectivity index (χ1n) is 14.9. The molecule has 3 aliphatic rings. The number of aromatic nitrogens is 3. The van der Waals surface area contributed by atoms with Crippen molar-refractivity contribution in [2.24, 2.45) is 0 Å². The van der Waals surface area contributed by atoms with E-state index >= 15 is 4.39 Å². The molecule has 0 aliphatic carbocycles. The zero-order valence-electron chi connectivity index (χ0n) is 24.2. The summed E-state index contributed by atoms with van der Waals surface area (Å²) in [7, 11) is 0. The number of likely N-dealkylation sites (tertiary alicyclic amines) is 1. The minimum atomic E-state index is -1.21. The van der Waals surface area contributed by atoms with E-state index in [4.69, 9.17) is 0 Å². The average molecular weight is 629 g/mol. The summed E-state index contributed by atoms with van der Waals surface area (Å²) in [5, 5.41) is 14.5. The second kappa shape index (κ2) is 12.2. The Balaban J connectivity index is 1.12. The van der Waals surface area contributed by atoms with Gasteiger partial charge in [0, 0.05) is 65.6 Å². The molecule has 12 heteroatoms. The first-order valence-corrected chi connectivity index (χ1v) is 15.7. The Labute approximate surface area is 262 Å². The topological polar surface area (TPSA) is 104 Å². The van der Waals surface area contributed by atoms with Crippen LogP contribution in [0.5, 0.6) is 0 Å². The molecule has 2 atom stereocenters. The van der Waals surface area contributed by atoms with Gasteiger partial charge < -0.3 is 14.6 Å². The van der Waals surface area contributed by atoms with Crippen molar-refractivity contribution in [2.75, 3.05) is 18.4 Å². The Morgan fingerprint density at radius 3 is 2.67 bits per heavy atom. The number of alkyl halides is 1. The van der Waals surface area contributed by atoms with E-state index in [1.807, 2.05) is 24.3 Å². The molecule has 2 aromatic heterocycles. The van der Waals surface area contributed by atoms with Gasteiger partial charge in [-0.25, -0.2) is 18.7 Å². The van der Waals surface area contributed by atoms with E-state index < -0.39 is 29.8 Å². The Bertz CT molecular complexity index is 1810. The van der Waals surface area contributed by atoms with Crippen LogP contribution >= 0.6 is 11.3 Å². The van der Waals surface area contributed by atoms with Crippen LogP contribution in [0.25, 0.3) is 0 Å². The Morgan fingerprint density at radius 2 is 1.91 bits per heavy atom. The molecular weight excluding hydrogens is 598 g/mol. The molecule has 7 rings (SSSR count). The number of aliphatic hydroxyl groups is 1. The van der Waals surface area contributed by atoms with Crippen LogP contribution < -0.4 is 5.32 Å². The summed E-state index contributed by atoms with van der Waals surface area (Å²) in [6.45, 7) is 2.51. The Kier molecular flexibility index (Phi) is 7.91. The lowest BCUT2D eigenvalue weighted by Crippen LogP contribution is -2.38. The minimum absolute atomic E-state index is 0.0722. The number of nitrogens with one attached hydrogen (secondary N) is 1. The lowest BCUT2D eigenvalue weighted by atomic mass is 10.0. The molecule has 0 bridgehead atoms. The third-order valence-electron chi connectivity index (χ3n) is 8.55. The average Bonchev–Trinajstić information content (AvgIpc) is 3.82. The Hall–Kier alpha value is -4.44. The SMILES string of the molecule is O=C(Nc1nccs1)C(c1ncn2c1CC(F)C2)N1Cc2c(F)cc(C#Cc3ccc(CN4CCC(O)CC4)cc3)cc2C1=O. The van der Waals surface area contributed by atoms with Gasteiger partial charge in [0.05, 0.1) is 31.2 Å². The van der Waals surface area contributed by atoms with Crippen molar-refractivity contribution in [3.8, 4) is 11.8 Å². The minimum Gasteiger partial charge on any atom is -0.393 e. The summed E-state index contributed by atoms with van der Waals surface area (Å²) in [5.41, 5.74) is 3.35. The lowest BCUT2D eigenvalue weighted by molar-refractivity contribution is -0.121. The van der Waals surface area contributed by atoms with E-state index in [-0.39, 0.29) is 42.4 Å². The number of piperidine rings is 1. The van der Waals surface area contributed by atoms with Crippen molar-refractivity contribution >= 4 is 28.3 Å². The number of halogens is 2. The molecule has 9 nitrogen and oxygen atoms in total. The lowest BCUT2D eigenvalue weighted by Gasteiger charge is -2.29. The fourth-order valence-electron chi connectivity index (χ4n) is 6.23. The van der Waals surface area contributed by atoms with E-state index in [2.05, 4.69) is 32.0 Å². The molecule has 2 unspecified atom stereocenters. The monoisotopic (exact) mass is 628 g/mol. The first kappa shape index (κ1) is 29.3. The molecule has 0 saturated carbocycles. The van der Waals surface area contributed by atoms with Gasteiger partial charge in [0.15, 0.2) is 11.2 Å². The quantitative estimate of drug-likeness (QED) is 0.312. The molecule has 1 fully saturated rings. The number of nitrogens with zero attached hydrogens (tertiary/aromatic N) is 5. The van der Waals surface area contributed by atoms with Gasteiger partial charge in [0.25, 0.3) is 11.8 Å². The molecule has 3 aliphatic heterocycles. The molecular formula is C33H30F2N6O3S. The van der Waals surface area contributed by atoms with Gasteiger partial charge in [0.1, 0.15) is 12.0 Å². The van der Waals surface area contributed by atoms with Gasteiger partial charge in [0.2, 0.25) is 0 Å². The number of carbonyl (C=O) groups excluding carboxylic acids is 2. The van der Waals surface area contributed by atoms with Crippen LogP contribution in [-0.2, 0) is 30.8 Å². The zero-order chi connectivity index (χ0) is 31.1. The number of imidazole rings is 1. The van der Waals surface area contributed by atoms with Crippen LogP contribution in [0.4, 0.5) is 13.9 Å². The highest BCUT2D eigenvalue weighted by atomic mass is 32.1. The summed E-state index contributed by atoms with van der Waals surface area (Å²) < 4.78 is 31.4. The molecule has 1 saturated heterocycles. The predicted octanol–water partition coefficient (Wildman–Crippen LogP) is 4.07. The standard InChI is InChI=1S/C33H30F2N6O3S/c34-23-15-28-29(37-19-40(28)17-23)30(31(43)38-33-36-9-12-45-33)41-18-26-25(32(41)44)13-22(14-27(26)35)6-3-20-1-4-21(5-2-20)16-39-10-7-24(42)8-11-39/h1-2,4-5,9,12-14,19,23-24,30,42H,7-8,10-11,15-18H2,(H,36,38,43). The molecule has 5 heterocycles. The molecule has 230 valence electrons. The zero-order valence-corrected chi connectivity index (χ0v) is 25.1. The maximum atomic E-state index is 15.5. The van der Waals surface area contributed by atoms with Crippen LogP contribution in [0.3, 0.4) is 0 Å². The highest BCUT2D eigenvalue weighted by Gasteiger charge is 2.42. The van der Waals surface area contributed by atoms with Crippen molar-refractivity contribution in [3.63, 3.8) is 0 Å². The Morgan fingerprint density at radius 1 is 1.13 bits per heavy atom. The number of thiazole rings is 1. The fourth-order valence-corrected chi connectivity index (χ4v) is 6.76. The maximum Gasteiger partial charge on any atom is 0.255 e. The highest BCUT2D eigenvalue weighted by molar-refractivity contribution is 7.13. The first-order chi connectivity index (χ1) is 21.8. The van der Waals surface area contributed by atoms with Crippen LogP contribution in [0.1, 0.15) is 62.9 Å². The molecule has 45 heavy (non-hydrogen) atoms. The van der Waals surface area contributed by atoms with Crippen molar-refractivity contribution in [3.05, 3.63) is 99.3 Å². The van der Waals surface area contributed by atoms with Crippen LogP contribution in [-0.4, -0.2) is 66.6 Å². The van der Waals surface area contributed by atoms with Gasteiger partial charge in [-0.1, -0.05) is 24.0 Å². The number of benzene rings is 2. The van der Waals surface area contributed by atoms with E-state index in [0.29, 0.717) is 16.4 Å². The largest absolute Gasteiger partial charge is 0.393 e. The fraction of sp³-hybridized carbons (Fsp3) is 0.333. The van der Waals surface area contributed by atoms with Crippen molar-refractivity contribution < 1.29 is 23.5 Å². The molecule has 0 radical (unpaired) electrons. The molecule has 0 spiro atoms. The summed E-state index contributed by atoms with van der Waals surface area (Å²) in [6.07, 6.45) is 3.33. The number of amides is 2.